The van der Waals surface area contributed by atoms with Crippen molar-refractivity contribution in [2.45, 2.75) is 38.0 Å². The van der Waals surface area contributed by atoms with Gasteiger partial charge in [0.1, 0.15) is 0 Å². The van der Waals surface area contributed by atoms with E-state index in [0.29, 0.717) is 25.6 Å². The summed E-state index contributed by atoms with van der Waals surface area (Å²) in [6, 6.07) is 3.34. The van der Waals surface area contributed by atoms with Gasteiger partial charge in [-0.25, -0.2) is 4.68 Å². The SMILES string of the molecule is O=c1ccc(C2CC2)nn1CC1CN(Cc2nnc(C(F)(F)F)o2)C1. The lowest BCUT2D eigenvalue weighted by molar-refractivity contribution is -0.157. The maximum atomic E-state index is 12.4. The first-order valence-corrected chi connectivity index (χ1v) is 8.08. The van der Waals surface area contributed by atoms with E-state index in [2.05, 4.69) is 19.7 Å². The van der Waals surface area contributed by atoms with Gasteiger partial charge in [0.15, 0.2) is 0 Å². The number of alkyl halides is 3. The molecule has 7 nitrogen and oxygen atoms in total. The molecule has 2 aromatic rings. The normalized spacial score (nSPS) is 19.2. The maximum absolute atomic E-state index is 12.4. The Labute approximate surface area is 140 Å². The van der Waals surface area contributed by atoms with Crippen molar-refractivity contribution < 1.29 is 17.6 Å². The van der Waals surface area contributed by atoms with E-state index in [-0.39, 0.29) is 23.9 Å². The van der Waals surface area contributed by atoms with Gasteiger partial charge < -0.3 is 4.42 Å². The Morgan fingerprint density at radius 3 is 2.60 bits per heavy atom. The second-order valence-corrected chi connectivity index (χ2v) is 6.61. The lowest BCUT2D eigenvalue weighted by Gasteiger charge is -2.38. The van der Waals surface area contributed by atoms with Gasteiger partial charge in [-0.2, -0.15) is 18.3 Å². The van der Waals surface area contributed by atoms with Crippen molar-refractivity contribution >= 4 is 0 Å². The number of rotatable bonds is 5. The second kappa shape index (κ2) is 5.94. The molecule has 0 unspecified atom stereocenters. The van der Waals surface area contributed by atoms with Crippen LogP contribution in [0.3, 0.4) is 0 Å². The molecule has 10 heteroatoms. The number of hydrogen-bond acceptors (Lipinski definition) is 6. The highest BCUT2D eigenvalue weighted by Crippen LogP contribution is 2.38. The largest absolute Gasteiger partial charge is 0.470 e. The summed E-state index contributed by atoms with van der Waals surface area (Å²) in [5.41, 5.74) is 0.830. The molecular weight excluding hydrogens is 339 g/mol. The van der Waals surface area contributed by atoms with Crippen LogP contribution < -0.4 is 5.56 Å². The zero-order valence-electron chi connectivity index (χ0n) is 13.2. The van der Waals surface area contributed by atoms with Crippen LogP contribution in [0.15, 0.2) is 21.3 Å². The predicted molar refractivity (Wildman–Crippen MR) is 78.5 cm³/mol. The van der Waals surface area contributed by atoms with Crippen molar-refractivity contribution in [2.24, 2.45) is 5.92 Å². The first-order valence-electron chi connectivity index (χ1n) is 8.08. The van der Waals surface area contributed by atoms with Gasteiger partial charge in [-0.15, -0.1) is 10.2 Å². The topological polar surface area (TPSA) is 77.1 Å². The van der Waals surface area contributed by atoms with Crippen molar-refractivity contribution in [3.63, 3.8) is 0 Å². The molecule has 0 aromatic carbocycles. The summed E-state index contributed by atoms with van der Waals surface area (Å²) in [5.74, 6) is -0.682. The summed E-state index contributed by atoms with van der Waals surface area (Å²) < 4.78 is 43.4. The molecule has 25 heavy (non-hydrogen) atoms. The highest BCUT2D eigenvalue weighted by molar-refractivity contribution is 5.12. The fourth-order valence-electron chi connectivity index (χ4n) is 2.98. The van der Waals surface area contributed by atoms with Crippen molar-refractivity contribution in [1.82, 2.24) is 24.9 Å². The zero-order valence-corrected chi connectivity index (χ0v) is 13.2. The Morgan fingerprint density at radius 1 is 1.20 bits per heavy atom. The minimum Gasteiger partial charge on any atom is -0.416 e. The Balaban J connectivity index is 1.31. The number of hydrogen-bond donors (Lipinski definition) is 0. The molecule has 2 fully saturated rings. The summed E-state index contributed by atoms with van der Waals surface area (Å²) in [6.45, 7) is 1.97. The van der Waals surface area contributed by atoms with Crippen LogP contribution in [0.5, 0.6) is 0 Å². The molecule has 3 heterocycles. The third-order valence-electron chi connectivity index (χ3n) is 4.42. The van der Waals surface area contributed by atoms with E-state index < -0.39 is 12.1 Å². The molecular formula is C15H16F3N5O2. The highest BCUT2D eigenvalue weighted by atomic mass is 19.4. The monoisotopic (exact) mass is 355 g/mol. The first-order chi connectivity index (χ1) is 11.9. The molecule has 1 saturated carbocycles. The molecule has 0 amide bonds. The highest BCUT2D eigenvalue weighted by Gasteiger charge is 2.38. The molecule has 2 aliphatic rings. The van der Waals surface area contributed by atoms with E-state index in [0.717, 1.165) is 18.5 Å². The number of nitrogens with zero attached hydrogens (tertiary/aromatic N) is 5. The molecule has 0 N–H and O–H groups in total. The molecule has 4 rings (SSSR count). The number of halogens is 3. The van der Waals surface area contributed by atoms with Crippen LogP contribution in [-0.2, 0) is 19.3 Å². The van der Waals surface area contributed by atoms with Crippen molar-refractivity contribution in [2.75, 3.05) is 13.1 Å². The van der Waals surface area contributed by atoms with Crippen LogP contribution in [0.2, 0.25) is 0 Å². The fraction of sp³-hybridized carbons (Fsp3) is 0.600. The average Bonchev–Trinajstić information content (AvgIpc) is 3.24. The fourth-order valence-corrected chi connectivity index (χ4v) is 2.98. The van der Waals surface area contributed by atoms with Crippen LogP contribution in [0.4, 0.5) is 13.2 Å². The summed E-state index contributed by atoms with van der Waals surface area (Å²) >= 11 is 0. The third kappa shape index (κ3) is 3.58. The zero-order chi connectivity index (χ0) is 17.6. The summed E-state index contributed by atoms with van der Waals surface area (Å²) in [5, 5.41) is 10.8. The van der Waals surface area contributed by atoms with Crippen molar-refractivity contribution in [3.8, 4) is 0 Å². The second-order valence-electron chi connectivity index (χ2n) is 6.61. The Kier molecular flexibility index (Phi) is 3.86. The van der Waals surface area contributed by atoms with Crippen LogP contribution >= 0.6 is 0 Å². The number of aromatic nitrogens is 4. The van der Waals surface area contributed by atoms with Crippen molar-refractivity contribution in [1.29, 1.82) is 0 Å². The van der Waals surface area contributed by atoms with Crippen LogP contribution in [0, 0.1) is 5.92 Å². The average molecular weight is 355 g/mol. The third-order valence-corrected chi connectivity index (χ3v) is 4.42. The van der Waals surface area contributed by atoms with Gasteiger partial charge in [-0.05, 0) is 18.9 Å². The quantitative estimate of drug-likeness (QED) is 0.812. The molecule has 0 radical (unpaired) electrons. The van der Waals surface area contributed by atoms with Gasteiger partial charge in [-0.1, -0.05) is 0 Å². The van der Waals surface area contributed by atoms with Crippen LogP contribution in [0.1, 0.15) is 36.2 Å². The molecule has 0 spiro atoms. The Hall–Kier alpha value is -2.23. The van der Waals surface area contributed by atoms with E-state index in [1.54, 1.807) is 12.1 Å². The minimum absolute atomic E-state index is 0.0585. The molecule has 0 atom stereocenters. The lowest BCUT2D eigenvalue weighted by Crippen LogP contribution is -2.49. The summed E-state index contributed by atoms with van der Waals surface area (Å²) in [4.78, 5) is 13.8. The van der Waals surface area contributed by atoms with Gasteiger partial charge >= 0.3 is 12.1 Å². The molecule has 1 aliphatic carbocycles. The summed E-state index contributed by atoms with van der Waals surface area (Å²) in [7, 11) is 0. The van der Waals surface area contributed by atoms with Gasteiger partial charge in [0, 0.05) is 31.0 Å². The Morgan fingerprint density at radius 2 is 1.96 bits per heavy atom. The van der Waals surface area contributed by atoms with E-state index in [1.807, 2.05) is 4.90 Å². The van der Waals surface area contributed by atoms with E-state index >= 15 is 0 Å². The molecule has 1 aliphatic heterocycles. The van der Waals surface area contributed by atoms with Gasteiger partial charge in [-0.3, -0.25) is 9.69 Å². The molecule has 2 aromatic heterocycles. The molecule has 0 bridgehead atoms. The maximum Gasteiger partial charge on any atom is 0.470 e. The molecule has 134 valence electrons. The van der Waals surface area contributed by atoms with E-state index in [9.17, 15) is 18.0 Å². The number of likely N-dealkylation sites (tertiary alicyclic amines) is 1. The van der Waals surface area contributed by atoms with Gasteiger partial charge in [0.2, 0.25) is 5.89 Å². The van der Waals surface area contributed by atoms with Gasteiger partial charge in [0.25, 0.3) is 5.56 Å². The lowest BCUT2D eigenvalue weighted by atomic mass is 10.0. The van der Waals surface area contributed by atoms with Gasteiger partial charge in [0.05, 0.1) is 18.8 Å². The minimum atomic E-state index is -4.62. The van der Waals surface area contributed by atoms with E-state index in [1.165, 1.54) is 4.68 Å². The standard InChI is InChI=1S/C15H16F3N5O2/c16-15(17,18)14-20-19-12(25-14)8-22-5-9(6-22)7-23-13(24)4-3-11(21-23)10-1-2-10/h3-4,9-10H,1-2,5-8H2. The Bertz CT molecular complexity index is 821. The predicted octanol–water partition coefficient (Wildman–Crippen LogP) is 1.65. The molecule has 1 saturated heterocycles. The van der Waals surface area contributed by atoms with Crippen molar-refractivity contribution in [3.05, 3.63) is 40.0 Å². The van der Waals surface area contributed by atoms with Crippen LogP contribution in [-0.4, -0.2) is 38.0 Å². The van der Waals surface area contributed by atoms with Crippen LogP contribution in [0.25, 0.3) is 0 Å². The first kappa shape index (κ1) is 16.2. The smallest absolute Gasteiger partial charge is 0.416 e. The van der Waals surface area contributed by atoms with E-state index in [4.69, 9.17) is 0 Å². The summed E-state index contributed by atoms with van der Waals surface area (Å²) in [6.07, 6.45) is -2.39.